The average molecular weight is 358 g/mol. The summed E-state index contributed by atoms with van der Waals surface area (Å²) in [6.45, 7) is 6.01. The minimum atomic E-state index is -3.54. The second kappa shape index (κ2) is 6.52. The number of nitrogens with zero attached hydrogens (tertiary/aromatic N) is 1. The molecule has 1 amide bonds. The molecule has 0 atom stereocenters. The highest BCUT2D eigenvalue weighted by Gasteiger charge is 2.23. The van der Waals surface area contributed by atoms with E-state index >= 15 is 0 Å². The lowest BCUT2D eigenvalue weighted by atomic mass is 10.1. The molecule has 2 aromatic carbocycles. The van der Waals surface area contributed by atoms with Crippen LogP contribution in [0, 0.1) is 13.8 Å². The van der Waals surface area contributed by atoms with E-state index in [-0.39, 0.29) is 11.7 Å². The summed E-state index contributed by atoms with van der Waals surface area (Å²) in [5, 5.41) is 0. The quantitative estimate of drug-likeness (QED) is 0.913. The van der Waals surface area contributed by atoms with Crippen LogP contribution in [0.2, 0.25) is 0 Å². The van der Waals surface area contributed by atoms with E-state index in [0.717, 1.165) is 34.4 Å². The van der Waals surface area contributed by atoms with Crippen LogP contribution in [0.4, 0.5) is 11.4 Å². The molecule has 0 radical (unpaired) electrons. The van der Waals surface area contributed by atoms with Crippen LogP contribution in [-0.4, -0.2) is 20.9 Å². The molecule has 0 fully saturated rings. The Morgan fingerprint density at radius 3 is 2.64 bits per heavy atom. The first-order valence-electron chi connectivity index (χ1n) is 8.23. The van der Waals surface area contributed by atoms with Crippen LogP contribution in [0.25, 0.3) is 0 Å². The molecule has 2 aromatic rings. The molecule has 3 rings (SSSR count). The zero-order chi connectivity index (χ0) is 18.2. The maximum absolute atomic E-state index is 12.6. The Balaban J connectivity index is 1.83. The Morgan fingerprint density at radius 2 is 1.92 bits per heavy atom. The van der Waals surface area contributed by atoms with Crippen LogP contribution in [-0.2, 0) is 27.0 Å². The second-order valence-corrected chi connectivity index (χ2v) is 8.28. The molecule has 0 unspecified atom stereocenters. The normalized spacial score (nSPS) is 13.6. The monoisotopic (exact) mass is 358 g/mol. The van der Waals surface area contributed by atoms with Gasteiger partial charge in [0.1, 0.15) is 0 Å². The van der Waals surface area contributed by atoms with Crippen molar-refractivity contribution in [3.05, 3.63) is 58.7 Å². The number of carbonyl (C=O) groups excluding carboxylic acids is 1. The van der Waals surface area contributed by atoms with Gasteiger partial charge < -0.3 is 4.90 Å². The summed E-state index contributed by atoms with van der Waals surface area (Å²) in [6, 6.07) is 11.2. The van der Waals surface area contributed by atoms with Gasteiger partial charge in [-0.2, -0.15) is 0 Å². The highest BCUT2D eigenvalue weighted by atomic mass is 32.2. The highest BCUT2D eigenvalue weighted by Crippen LogP contribution is 2.31. The Kier molecular flexibility index (Phi) is 4.56. The van der Waals surface area contributed by atoms with Gasteiger partial charge in [0.05, 0.1) is 11.4 Å². The number of hydrogen-bond acceptors (Lipinski definition) is 3. The van der Waals surface area contributed by atoms with E-state index in [1.165, 1.54) is 6.92 Å². The fourth-order valence-electron chi connectivity index (χ4n) is 3.15. The molecule has 0 bridgehead atoms. The van der Waals surface area contributed by atoms with Crippen LogP contribution < -0.4 is 9.62 Å². The minimum absolute atomic E-state index is 0.0332. The number of nitrogens with one attached hydrogen (secondary N) is 1. The largest absolute Gasteiger partial charge is 0.312 e. The van der Waals surface area contributed by atoms with Crippen LogP contribution in [0.5, 0.6) is 0 Å². The molecule has 0 aromatic heterocycles. The summed E-state index contributed by atoms with van der Waals surface area (Å²) in [4.78, 5) is 13.4. The van der Waals surface area contributed by atoms with E-state index in [1.807, 2.05) is 38.1 Å². The number of amides is 1. The van der Waals surface area contributed by atoms with Crippen molar-refractivity contribution in [2.75, 3.05) is 16.2 Å². The number of hydrogen-bond donors (Lipinski definition) is 1. The fourth-order valence-corrected chi connectivity index (χ4v) is 4.42. The number of anilines is 2. The molecule has 0 spiro atoms. The third kappa shape index (κ3) is 3.85. The van der Waals surface area contributed by atoms with Gasteiger partial charge in [-0.25, -0.2) is 8.42 Å². The smallest absolute Gasteiger partial charge is 0.236 e. The molecule has 0 aliphatic carbocycles. The van der Waals surface area contributed by atoms with E-state index < -0.39 is 10.0 Å². The van der Waals surface area contributed by atoms with Crippen molar-refractivity contribution in [1.29, 1.82) is 0 Å². The van der Waals surface area contributed by atoms with Crippen molar-refractivity contribution in [2.24, 2.45) is 0 Å². The number of sulfonamides is 1. The van der Waals surface area contributed by atoms with Crippen molar-refractivity contribution in [3.8, 4) is 0 Å². The molecule has 1 aliphatic heterocycles. The Labute approximate surface area is 148 Å². The van der Waals surface area contributed by atoms with Crippen LogP contribution in [0.1, 0.15) is 29.2 Å². The first-order chi connectivity index (χ1) is 11.7. The summed E-state index contributed by atoms with van der Waals surface area (Å²) in [5.41, 5.74) is 5.11. The molecular weight excluding hydrogens is 336 g/mol. The van der Waals surface area contributed by atoms with Gasteiger partial charge in [-0.15, -0.1) is 0 Å². The molecule has 25 heavy (non-hydrogen) atoms. The van der Waals surface area contributed by atoms with Crippen molar-refractivity contribution >= 4 is 27.3 Å². The van der Waals surface area contributed by atoms with Crippen LogP contribution in [0.15, 0.2) is 36.4 Å². The SMILES string of the molecule is CC(=O)N1CCc2ccc(NS(=O)(=O)Cc3cc(C)ccc3C)cc21. The summed E-state index contributed by atoms with van der Waals surface area (Å²) >= 11 is 0. The zero-order valence-corrected chi connectivity index (χ0v) is 15.5. The summed E-state index contributed by atoms with van der Waals surface area (Å²) in [7, 11) is -3.54. The lowest BCUT2D eigenvalue weighted by molar-refractivity contribution is -0.116. The molecule has 0 saturated heterocycles. The molecule has 0 saturated carbocycles. The first-order valence-corrected chi connectivity index (χ1v) is 9.88. The number of benzene rings is 2. The number of aryl methyl sites for hydroxylation is 2. The topological polar surface area (TPSA) is 66.5 Å². The zero-order valence-electron chi connectivity index (χ0n) is 14.7. The molecule has 6 heteroatoms. The van der Waals surface area contributed by atoms with Gasteiger partial charge in [0.15, 0.2) is 0 Å². The fraction of sp³-hybridized carbons (Fsp3) is 0.316. The molecule has 1 aliphatic rings. The molecule has 5 nitrogen and oxygen atoms in total. The van der Waals surface area contributed by atoms with Crippen molar-refractivity contribution in [2.45, 2.75) is 32.9 Å². The van der Waals surface area contributed by atoms with Crippen molar-refractivity contribution < 1.29 is 13.2 Å². The van der Waals surface area contributed by atoms with Gasteiger partial charge in [-0.05, 0) is 49.1 Å². The van der Waals surface area contributed by atoms with Gasteiger partial charge in [0.2, 0.25) is 15.9 Å². The standard InChI is InChI=1S/C19H22N2O3S/c1-13-4-5-14(2)17(10-13)12-25(23,24)20-18-7-6-16-8-9-21(15(3)22)19(16)11-18/h4-7,10-11,20H,8-9,12H2,1-3H3. The Morgan fingerprint density at radius 1 is 1.16 bits per heavy atom. The number of carbonyl (C=O) groups is 1. The molecule has 1 heterocycles. The number of fused-ring (bicyclic) bond motifs is 1. The van der Waals surface area contributed by atoms with Crippen LogP contribution in [0.3, 0.4) is 0 Å². The second-order valence-electron chi connectivity index (χ2n) is 6.56. The third-order valence-electron chi connectivity index (χ3n) is 4.48. The van der Waals surface area contributed by atoms with Gasteiger partial charge >= 0.3 is 0 Å². The van der Waals surface area contributed by atoms with E-state index in [4.69, 9.17) is 0 Å². The van der Waals surface area contributed by atoms with Crippen molar-refractivity contribution in [1.82, 2.24) is 0 Å². The lowest BCUT2D eigenvalue weighted by Gasteiger charge is -2.16. The predicted molar refractivity (Wildman–Crippen MR) is 100 cm³/mol. The predicted octanol–water partition coefficient (Wildman–Crippen LogP) is 3.15. The molecule has 1 N–H and O–H groups in total. The van der Waals surface area contributed by atoms with Gasteiger partial charge in [0.25, 0.3) is 0 Å². The van der Waals surface area contributed by atoms with E-state index in [1.54, 1.807) is 17.0 Å². The van der Waals surface area contributed by atoms with E-state index in [2.05, 4.69) is 4.72 Å². The molecule has 132 valence electrons. The van der Waals surface area contributed by atoms with Gasteiger partial charge in [-0.3, -0.25) is 9.52 Å². The number of rotatable bonds is 4. The molecular formula is C19H22N2O3S. The van der Waals surface area contributed by atoms with E-state index in [9.17, 15) is 13.2 Å². The third-order valence-corrected chi connectivity index (χ3v) is 5.72. The first kappa shape index (κ1) is 17.5. The summed E-state index contributed by atoms with van der Waals surface area (Å²) in [5.74, 6) is -0.109. The highest BCUT2D eigenvalue weighted by molar-refractivity contribution is 7.91. The lowest BCUT2D eigenvalue weighted by Crippen LogP contribution is -2.25. The maximum Gasteiger partial charge on any atom is 0.236 e. The summed E-state index contributed by atoms with van der Waals surface area (Å²) in [6.07, 6.45) is 0.796. The van der Waals surface area contributed by atoms with Crippen LogP contribution >= 0.6 is 0 Å². The van der Waals surface area contributed by atoms with Gasteiger partial charge in [0, 0.05) is 19.2 Å². The van der Waals surface area contributed by atoms with Gasteiger partial charge in [-0.1, -0.05) is 29.8 Å². The Bertz CT molecular complexity index is 936. The minimum Gasteiger partial charge on any atom is -0.312 e. The maximum atomic E-state index is 12.6. The Hall–Kier alpha value is -2.34. The summed E-state index contributed by atoms with van der Waals surface area (Å²) < 4.78 is 27.8. The average Bonchev–Trinajstić information content (AvgIpc) is 2.93. The van der Waals surface area contributed by atoms with Crippen molar-refractivity contribution in [3.63, 3.8) is 0 Å². The van der Waals surface area contributed by atoms with E-state index in [0.29, 0.717) is 12.2 Å².